The van der Waals surface area contributed by atoms with Crippen molar-refractivity contribution in [3.63, 3.8) is 0 Å². The molecule has 0 fully saturated rings. The Labute approximate surface area is 122 Å². The zero-order valence-corrected chi connectivity index (χ0v) is 12.3. The second-order valence-electron chi connectivity index (χ2n) is 5.15. The van der Waals surface area contributed by atoms with Gasteiger partial charge in [0.1, 0.15) is 5.78 Å². The number of nitrogens with zero attached hydrogens (tertiary/aromatic N) is 2. The smallest absolute Gasteiger partial charge is 0.280 e. The van der Waals surface area contributed by atoms with Crippen molar-refractivity contribution in [2.75, 3.05) is 0 Å². The third-order valence-corrected chi connectivity index (χ3v) is 3.43. The van der Waals surface area contributed by atoms with Gasteiger partial charge in [-0.3, -0.25) is 9.59 Å². The average Bonchev–Trinajstić information content (AvgIpc) is 2.47. The van der Waals surface area contributed by atoms with Crippen molar-refractivity contribution >= 4 is 22.6 Å². The van der Waals surface area contributed by atoms with Gasteiger partial charge in [0, 0.05) is 19.9 Å². The Bertz CT molecular complexity index is 747. The van der Waals surface area contributed by atoms with Crippen molar-refractivity contribution in [1.82, 2.24) is 9.55 Å². The lowest BCUT2D eigenvalue weighted by Crippen LogP contribution is -2.26. The molecule has 0 aliphatic rings. The van der Waals surface area contributed by atoms with Gasteiger partial charge >= 0.3 is 0 Å². The highest BCUT2D eigenvalue weighted by molar-refractivity contribution is 5.95. The minimum Gasteiger partial charge on any atom is -0.308 e. The molecular weight excluding hydrogens is 268 g/mol. The maximum absolute atomic E-state index is 12.2. The van der Waals surface area contributed by atoms with Gasteiger partial charge < -0.3 is 9.36 Å². The third kappa shape index (κ3) is 3.42. The minimum atomic E-state index is -0.370. The first-order chi connectivity index (χ1) is 10.0. The van der Waals surface area contributed by atoms with Gasteiger partial charge in [-0.2, -0.15) is 0 Å². The van der Waals surface area contributed by atoms with Gasteiger partial charge in [0.25, 0.3) is 5.56 Å². The molecular formula is C16H18N2O3. The van der Waals surface area contributed by atoms with Crippen LogP contribution in [0.15, 0.2) is 29.1 Å². The fourth-order valence-corrected chi connectivity index (χ4v) is 2.24. The lowest BCUT2D eigenvalue weighted by molar-refractivity contribution is -0.117. The lowest BCUT2D eigenvalue weighted by Gasteiger charge is -2.07. The molecule has 2 rings (SSSR count). The SMILES string of the molecule is CC(=O)CCCCC(=O)c1nc2ccccc2n(C)c1=O. The normalized spacial score (nSPS) is 10.8. The second-order valence-corrected chi connectivity index (χ2v) is 5.15. The van der Waals surface area contributed by atoms with Crippen LogP contribution in [0.25, 0.3) is 11.0 Å². The van der Waals surface area contributed by atoms with E-state index in [1.807, 2.05) is 12.1 Å². The number of carbonyl (C=O) groups is 2. The summed E-state index contributed by atoms with van der Waals surface area (Å²) in [6.45, 7) is 1.53. The van der Waals surface area contributed by atoms with E-state index in [9.17, 15) is 14.4 Å². The molecule has 1 heterocycles. The van der Waals surface area contributed by atoms with Crippen molar-refractivity contribution in [3.05, 3.63) is 40.3 Å². The summed E-state index contributed by atoms with van der Waals surface area (Å²) in [4.78, 5) is 39.4. The van der Waals surface area contributed by atoms with Crippen LogP contribution < -0.4 is 5.56 Å². The van der Waals surface area contributed by atoms with Crippen LogP contribution in [0, 0.1) is 0 Å². The number of aromatic nitrogens is 2. The second kappa shape index (κ2) is 6.43. The number of hydrogen-bond acceptors (Lipinski definition) is 4. The van der Waals surface area contributed by atoms with E-state index in [-0.39, 0.29) is 29.2 Å². The number of para-hydroxylation sites is 2. The summed E-state index contributed by atoms with van der Waals surface area (Å²) in [6.07, 6.45) is 1.97. The molecule has 0 N–H and O–H groups in total. The monoisotopic (exact) mass is 286 g/mol. The Morgan fingerprint density at radius 1 is 1.14 bits per heavy atom. The molecule has 0 amide bonds. The molecule has 0 radical (unpaired) electrons. The fourth-order valence-electron chi connectivity index (χ4n) is 2.24. The van der Waals surface area contributed by atoms with Gasteiger partial charge in [-0.1, -0.05) is 12.1 Å². The van der Waals surface area contributed by atoms with Gasteiger partial charge in [-0.15, -0.1) is 0 Å². The zero-order chi connectivity index (χ0) is 15.4. The highest BCUT2D eigenvalue weighted by Crippen LogP contribution is 2.10. The van der Waals surface area contributed by atoms with E-state index in [4.69, 9.17) is 0 Å². The summed E-state index contributed by atoms with van der Waals surface area (Å²) in [7, 11) is 1.64. The molecule has 5 heteroatoms. The van der Waals surface area contributed by atoms with Crippen LogP contribution in [0.1, 0.15) is 43.1 Å². The first-order valence-electron chi connectivity index (χ1n) is 6.99. The van der Waals surface area contributed by atoms with Gasteiger partial charge in [0.05, 0.1) is 11.0 Å². The number of fused-ring (bicyclic) bond motifs is 1. The standard InChI is InChI=1S/C16H18N2O3/c1-11(19)7-3-6-10-14(20)15-16(21)18(2)13-9-5-4-8-12(13)17-15/h4-5,8-9H,3,6-7,10H2,1-2H3. The van der Waals surface area contributed by atoms with Crippen LogP contribution >= 0.6 is 0 Å². The quantitative estimate of drug-likeness (QED) is 0.603. The number of unbranched alkanes of at least 4 members (excludes halogenated alkanes) is 1. The molecule has 0 bridgehead atoms. The first-order valence-corrected chi connectivity index (χ1v) is 6.99. The number of aryl methyl sites for hydroxylation is 1. The van der Waals surface area contributed by atoms with E-state index in [1.165, 1.54) is 11.5 Å². The molecule has 0 aliphatic heterocycles. The van der Waals surface area contributed by atoms with Crippen molar-refractivity contribution < 1.29 is 9.59 Å². The Morgan fingerprint density at radius 2 is 1.81 bits per heavy atom. The van der Waals surface area contributed by atoms with Crippen LogP contribution in [-0.4, -0.2) is 21.1 Å². The maximum Gasteiger partial charge on any atom is 0.280 e. The Hall–Kier alpha value is -2.30. The third-order valence-electron chi connectivity index (χ3n) is 3.43. The largest absolute Gasteiger partial charge is 0.308 e. The Morgan fingerprint density at radius 3 is 2.52 bits per heavy atom. The van der Waals surface area contributed by atoms with Gasteiger partial charge in [0.2, 0.25) is 0 Å². The number of Topliss-reactive ketones (excluding diaryl/α,β-unsaturated/α-hetero) is 2. The maximum atomic E-state index is 12.2. The molecule has 2 aromatic rings. The van der Waals surface area contributed by atoms with Crippen molar-refractivity contribution in [1.29, 1.82) is 0 Å². The van der Waals surface area contributed by atoms with Crippen LogP contribution in [-0.2, 0) is 11.8 Å². The van der Waals surface area contributed by atoms with E-state index in [1.54, 1.807) is 19.2 Å². The Kier molecular flexibility index (Phi) is 4.62. The molecule has 0 saturated carbocycles. The summed E-state index contributed by atoms with van der Waals surface area (Å²) in [5, 5.41) is 0. The molecule has 21 heavy (non-hydrogen) atoms. The molecule has 0 aliphatic carbocycles. The van der Waals surface area contributed by atoms with E-state index < -0.39 is 0 Å². The van der Waals surface area contributed by atoms with Crippen LogP contribution in [0.2, 0.25) is 0 Å². The Balaban J connectivity index is 2.21. The van der Waals surface area contributed by atoms with E-state index >= 15 is 0 Å². The first kappa shape index (κ1) is 15.1. The van der Waals surface area contributed by atoms with Crippen molar-refractivity contribution in [3.8, 4) is 0 Å². The molecule has 1 aromatic heterocycles. The molecule has 1 aromatic carbocycles. The number of rotatable bonds is 6. The predicted octanol–water partition coefficient (Wildman–Crippen LogP) is 2.27. The summed E-state index contributed by atoms with van der Waals surface area (Å²) >= 11 is 0. The summed E-state index contributed by atoms with van der Waals surface area (Å²) in [6, 6.07) is 7.22. The highest BCUT2D eigenvalue weighted by atomic mass is 16.1. The zero-order valence-electron chi connectivity index (χ0n) is 12.3. The van der Waals surface area contributed by atoms with Crippen molar-refractivity contribution in [2.24, 2.45) is 7.05 Å². The van der Waals surface area contributed by atoms with Crippen LogP contribution in [0.4, 0.5) is 0 Å². The topological polar surface area (TPSA) is 69.0 Å². The minimum absolute atomic E-state index is 0.0148. The number of hydrogen-bond donors (Lipinski definition) is 0. The average molecular weight is 286 g/mol. The van der Waals surface area contributed by atoms with Crippen molar-refractivity contribution in [2.45, 2.75) is 32.6 Å². The number of carbonyl (C=O) groups excluding carboxylic acids is 2. The summed E-state index contributed by atoms with van der Waals surface area (Å²) in [5.41, 5.74) is 0.951. The lowest BCUT2D eigenvalue weighted by atomic mass is 10.1. The molecule has 0 atom stereocenters. The molecule has 110 valence electrons. The molecule has 5 nitrogen and oxygen atoms in total. The van der Waals surface area contributed by atoms with Gasteiger partial charge in [-0.25, -0.2) is 4.98 Å². The van der Waals surface area contributed by atoms with E-state index in [2.05, 4.69) is 4.98 Å². The number of ketones is 2. The molecule has 0 spiro atoms. The van der Waals surface area contributed by atoms with Crippen LogP contribution in [0.3, 0.4) is 0 Å². The number of benzene rings is 1. The predicted molar refractivity (Wildman–Crippen MR) is 80.5 cm³/mol. The van der Waals surface area contributed by atoms with Gasteiger partial charge in [0.15, 0.2) is 11.5 Å². The van der Waals surface area contributed by atoms with E-state index in [0.717, 1.165) is 0 Å². The summed E-state index contributed by atoms with van der Waals surface area (Å²) in [5.74, 6) is -0.146. The highest BCUT2D eigenvalue weighted by Gasteiger charge is 2.15. The van der Waals surface area contributed by atoms with E-state index in [0.29, 0.717) is 30.3 Å². The molecule has 0 unspecified atom stereocenters. The van der Waals surface area contributed by atoms with Gasteiger partial charge in [-0.05, 0) is 31.9 Å². The molecule has 0 saturated heterocycles. The summed E-state index contributed by atoms with van der Waals surface area (Å²) < 4.78 is 1.45. The fraction of sp³-hybridized carbons (Fsp3) is 0.375. The van der Waals surface area contributed by atoms with Crippen LogP contribution in [0.5, 0.6) is 0 Å².